The topological polar surface area (TPSA) is 30.5 Å². The number of hydrogen-bond donors (Lipinski definition) is 1. The largest absolute Gasteiger partial charge is 0.382 e. The van der Waals surface area contributed by atoms with Gasteiger partial charge in [-0.2, -0.15) is 0 Å². The highest BCUT2D eigenvalue weighted by molar-refractivity contribution is 9.10. The molecule has 0 bridgehead atoms. The van der Waals surface area contributed by atoms with Crippen LogP contribution in [-0.2, 0) is 9.47 Å². The first-order chi connectivity index (χ1) is 7.74. The fourth-order valence-corrected chi connectivity index (χ4v) is 1.69. The Kier molecular flexibility index (Phi) is 6.80. The highest BCUT2D eigenvalue weighted by Gasteiger charge is 1.99. The molecule has 0 aliphatic carbocycles. The summed E-state index contributed by atoms with van der Waals surface area (Å²) in [5.74, 6) is 0. The van der Waals surface area contributed by atoms with E-state index in [0.29, 0.717) is 24.8 Å². The van der Waals surface area contributed by atoms with E-state index in [1.54, 1.807) is 7.11 Å². The van der Waals surface area contributed by atoms with Gasteiger partial charge in [0.2, 0.25) is 0 Å². The first kappa shape index (κ1) is 13.8. The van der Waals surface area contributed by atoms with Crippen LogP contribution in [0.5, 0.6) is 0 Å². The molecule has 0 amide bonds. The van der Waals surface area contributed by atoms with Crippen molar-refractivity contribution in [2.75, 3.05) is 38.8 Å². The lowest BCUT2D eigenvalue weighted by molar-refractivity contribution is 0.0759. The van der Waals surface area contributed by atoms with Gasteiger partial charge in [0.05, 0.1) is 19.8 Å². The Bertz CT molecular complexity index is 323. The monoisotopic (exact) mass is 307 g/mol. The highest BCUT2D eigenvalue weighted by atomic mass is 79.9. The maximum Gasteiger partial charge on any atom is 0.0701 e. The Morgan fingerprint density at radius 2 is 2.12 bits per heavy atom. The molecule has 0 aromatic heterocycles. The summed E-state index contributed by atoms with van der Waals surface area (Å²) in [7, 11) is 1.66. The van der Waals surface area contributed by atoms with Gasteiger partial charge >= 0.3 is 0 Å². The first-order valence-electron chi connectivity index (χ1n) is 4.99. The Morgan fingerprint density at radius 3 is 2.88 bits per heavy atom. The number of hydrogen-bond acceptors (Lipinski definition) is 3. The van der Waals surface area contributed by atoms with Crippen molar-refractivity contribution < 1.29 is 9.47 Å². The van der Waals surface area contributed by atoms with Crippen molar-refractivity contribution in [2.24, 2.45) is 0 Å². The standard InChI is InChI=1S/C11H15BrClNO2/c1-15-6-7-16-5-4-14-11-8-9(13)2-3-10(11)12/h2-3,8,14H,4-7H2,1H3. The van der Waals surface area contributed by atoms with Gasteiger partial charge in [0.25, 0.3) is 0 Å². The number of benzene rings is 1. The first-order valence-corrected chi connectivity index (χ1v) is 6.16. The van der Waals surface area contributed by atoms with Crippen LogP contribution < -0.4 is 5.32 Å². The predicted molar refractivity (Wildman–Crippen MR) is 70.3 cm³/mol. The minimum atomic E-state index is 0.620. The van der Waals surface area contributed by atoms with Crippen LogP contribution in [0.3, 0.4) is 0 Å². The normalized spacial score (nSPS) is 10.4. The van der Waals surface area contributed by atoms with Crippen molar-refractivity contribution >= 4 is 33.2 Å². The van der Waals surface area contributed by atoms with Crippen LogP contribution >= 0.6 is 27.5 Å². The smallest absolute Gasteiger partial charge is 0.0701 e. The lowest BCUT2D eigenvalue weighted by Crippen LogP contribution is -2.12. The number of rotatable bonds is 7. The van der Waals surface area contributed by atoms with E-state index >= 15 is 0 Å². The number of halogens is 2. The summed E-state index contributed by atoms with van der Waals surface area (Å²) in [6.45, 7) is 2.63. The van der Waals surface area contributed by atoms with Crippen molar-refractivity contribution in [1.29, 1.82) is 0 Å². The molecule has 0 unspecified atom stereocenters. The van der Waals surface area contributed by atoms with E-state index in [-0.39, 0.29) is 0 Å². The third-order valence-corrected chi connectivity index (χ3v) is 2.85. The molecule has 90 valence electrons. The maximum absolute atomic E-state index is 5.89. The summed E-state index contributed by atoms with van der Waals surface area (Å²) in [5.41, 5.74) is 0.975. The molecule has 5 heteroatoms. The van der Waals surface area contributed by atoms with Gasteiger partial charge in [-0.15, -0.1) is 0 Å². The van der Waals surface area contributed by atoms with E-state index < -0.39 is 0 Å². The molecule has 1 aromatic carbocycles. The summed E-state index contributed by atoms with van der Waals surface area (Å²) in [6, 6.07) is 5.63. The van der Waals surface area contributed by atoms with Gasteiger partial charge in [0.15, 0.2) is 0 Å². The zero-order valence-electron chi connectivity index (χ0n) is 9.13. The zero-order valence-corrected chi connectivity index (χ0v) is 11.5. The molecule has 1 aromatic rings. The Hall–Kier alpha value is -0.290. The molecule has 0 aliphatic rings. The van der Waals surface area contributed by atoms with Crippen molar-refractivity contribution in [3.05, 3.63) is 27.7 Å². The molecule has 0 saturated heterocycles. The van der Waals surface area contributed by atoms with Gasteiger partial charge in [0.1, 0.15) is 0 Å². The highest BCUT2D eigenvalue weighted by Crippen LogP contribution is 2.25. The van der Waals surface area contributed by atoms with E-state index in [0.717, 1.165) is 16.7 Å². The Morgan fingerprint density at radius 1 is 1.31 bits per heavy atom. The third-order valence-electron chi connectivity index (χ3n) is 1.92. The van der Waals surface area contributed by atoms with Gasteiger partial charge in [-0.3, -0.25) is 0 Å². The molecule has 0 saturated carbocycles. The molecule has 0 fully saturated rings. The Labute approximate surface area is 109 Å². The fraction of sp³-hybridized carbons (Fsp3) is 0.455. The van der Waals surface area contributed by atoms with Crippen LogP contribution in [0.4, 0.5) is 5.69 Å². The third kappa shape index (κ3) is 5.16. The van der Waals surface area contributed by atoms with Gasteiger partial charge in [-0.1, -0.05) is 11.6 Å². The van der Waals surface area contributed by atoms with E-state index in [4.69, 9.17) is 21.1 Å². The van der Waals surface area contributed by atoms with E-state index in [1.807, 2.05) is 18.2 Å². The summed E-state index contributed by atoms with van der Waals surface area (Å²) >= 11 is 9.33. The lowest BCUT2D eigenvalue weighted by Gasteiger charge is -2.09. The number of ether oxygens (including phenoxy) is 2. The van der Waals surface area contributed by atoms with Crippen LogP contribution in [0, 0.1) is 0 Å². The van der Waals surface area contributed by atoms with Crippen molar-refractivity contribution in [1.82, 2.24) is 0 Å². The SMILES string of the molecule is COCCOCCNc1cc(Cl)ccc1Br. The predicted octanol–water partition coefficient (Wildman–Crippen LogP) is 3.18. The van der Waals surface area contributed by atoms with E-state index in [9.17, 15) is 0 Å². The van der Waals surface area contributed by atoms with Crippen molar-refractivity contribution in [3.8, 4) is 0 Å². The van der Waals surface area contributed by atoms with Crippen molar-refractivity contribution in [3.63, 3.8) is 0 Å². The summed E-state index contributed by atoms with van der Waals surface area (Å²) in [4.78, 5) is 0. The minimum Gasteiger partial charge on any atom is -0.382 e. The van der Waals surface area contributed by atoms with E-state index in [1.165, 1.54) is 0 Å². The lowest BCUT2D eigenvalue weighted by atomic mass is 10.3. The maximum atomic E-state index is 5.89. The van der Waals surface area contributed by atoms with E-state index in [2.05, 4.69) is 21.2 Å². The molecule has 16 heavy (non-hydrogen) atoms. The minimum absolute atomic E-state index is 0.620. The molecule has 0 spiro atoms. The number of methoxy groups -OCH3 is 1. The van der Waals surface area contributed by atoms with Gasteiger partial charge in [-0.05, 0) is 34.1 Å². The molecule has 0 heterocycles. The molecular formula is C11H15BrClNO2. The van der Waals surface area contributed by atoms with Gasteiger partial charge in [0, 0.05) is 28.8 Å². The van der Waals surface area contributed by atoms with Crippen LogP contribution in [0.25, 0.3) is 0 Å². The quantitative estimate of drug-likeness (QED) is 0.785. The second kappa shape index (κ2) is 7.90. The fourth-order valence-electron chi connectivity index (χ4n) is 1.14. The van der Waals surface area contributed by atoms with Crippen LogP contribution in [0.1, 0.15) is 0 Å². The number of nitrogens with one attached hydrogen (secondary N) is 1. The molecule has 0 aliphatic heterocycles. The second-order valence-corrected chi connectivity index (χ2v) is 4.45. The van der Waals surface area contributed by atoms with Crippen molar-refractivity contribution in [2.45, 2.75) is 0 Å². The average Bonchev–Trinajstić information content (AvgIpc) is 2.28. The molecule has 0 radical (unpaired) electrons. The molecule has 0 atom stereocenters. The summed E-state index contributed by atoms with van der Waals surface area (Å²) < 4.78 is 11.2. The van der Waals surface area contributed by atoms with Crippen LogP contribution in [-0.4, -0.2) is 33.5 Å². The summed E-state index contributed by atoms with van der Waals surface area (Å²) in [6.07, 6.45) is 0. The average molecular weight is 309 g/mol. The number of anilines is 1. The molecular weight excluding hydrogens is 293 g/mol. The van der Waals surface area contributed by atoms with Crippen LogP contribution in [0.2, 0.25) is 5.02 Å². The Balaban J connectivity index is 2.23. The molecule has 3 nitrogen and oxygen atoms in total. The molecule has 1 N–H and O–H groups in total. The van der Waals surface area contributed by atoms with Gasteiger partial charge in [-0.25, -0.2) is 0 Å². The second-order valence-electron chi connectivity index (χ2n) is 3.16. The zero-order chi connectivity index (χ0) is 11.8. The molecule has 1 rings (SSSR count). The van der Waals surface area contributed by atoms with Crippen LogP contribution in [0.15, 0.2) is 22.7 Å². The summed E-state index contributed by atoms with van der Waals surface area (Å²) in [5, 5.41) is 3.95. The van der Waals surface area contributed by atoms with Gasteiger partial charge < -0.3 is 14.8 Å².